The van der Waals surface area contributed by atoms with Crippen LogP contribution in [0.3, 0.4) is 0 Å². The Balaban J connectivity index is 2.54. The van der Waals surface area contributed by atoms with Gasteiger partial charge in [-0.2, -0.15) is 0 Å². The van der Waals surface area contributed by atoms with Crippen LogP contribution in [0.1, 0.15) is 12.0 Å². The van der Waals surface area contributed by atoms with Crippen LogP contribution in [-0.2, 0) is 6.42 Å². The summed E-state index contributed by atoms with van der Waals surface area (Å²) in [6.45, 7) is 0.0235. The van der Waals surface area contributed by atoms with Crippen LogP contribution in [0, 0.1) is 5.92 Å². The number of halogens is 2. The maximum absolute atomic E-state index is 8.90. The fraction of sp³-hybridized carbons (Fsp3) is 0.455. The predicted octanol–water partition coefficient (Wildman–Crippen LogP) is 2.53. The van der Waals surface area contributed by atoms with Crippen molar-refractivity contribution in [3.05, 3.63) is 33.8 Å². The predicted molar refractivity (Wildman–Crippen MR) is 62.4 cm³/mol. The molecule has 0 aliphatic heterocycles. The molecule has 0 radical (unpaired) electrons. The molecule has 0 saturated heterocycles. The van der Waals surface area contributed by atoms with Gasteiger partial charge in [0.15, 0.2) is 0 Å². The second kappa shape index (κ2) is 6.33. The summed E-state index contributed by atoms with van der Waals surface area (Å²) in [5.74, 6) is -0.0561. The van der Waals surface area contributed by atoms with E-state index in [1.165, 1.54) is 0 Å². The van der Waals surface area contributed by atoms with Gasteiger partial charge in [-0.25, -0.2) is 0 Å². The van der Waals surface area contributed by atoms with Gasteiger partial charge in [0.25, 0.3) is 0 Å². The zero-order valence-corrected chi connectivity index (χ0v) is 9.80. The van der Waals surface area contributed by atoms with Crippen molar-refractivity contribution in [3.8, 4) is 0 Å². The molecule has 0 aromatic heterocycles. The van der Waals surface area contributed by atoms with Crippen LogP contribution in [0.5, 0.6) is 0 Å². The Bertz CT molecular complexity index is 311. The molecule has 0 spiro atoms. The third-order valence-corrected chi connectivity index (χ3v) is 3.08. The zero-order chi connectivity index (χ0) is 11.3. The molecule has 0 heterocycles. The van der Waals surface area contributed by atoms with Crippen molar-refractivity contribution in [3.63, 3.8) is 0 Å². The van der Waals surface area contributed by atoms with Gasteiger partial charge >= 0.3 is 0 Å². The van der Waals surface area contributed by atoms with Gasteiger partial charge in [0.05, 0.1) is 10.0 Å². The third kappa shape index (κ3) is 3.99. The standard InChI is InChI=1S/C11H14Cl2O2/c12-10-4-3-8(5-11(10)13)1-2-9(6-14)7-15/h3-5,9,14-15H,1-2,6-7H2. The van der Waals surface area contributed by atoms with Crippen LogP contribution in [-0.4, -0.2) is 23.4 Å². The van der Waals surface area contributed by atoms with E-state index in [0.717, 1.165) is 18.4 Å². The Labute approximate surface area is 99.5 Å². The molecule has 0 aliphatic carbocycles. The van der Waals surface area contributed by atoms with Crippen LogP contribution in [0.2, 0.25) is 10.0 Å². The number of rotatable bonds is 5. The highest BCUT2D eigenvalue weighted by Gasteiger charge is 2.06. The monoisotopic (exact) mass is 248 g/mol. The van der Waals surface area contributed by atoms with Crippen molar-refractivity contribution in [2.45, 2.75) is 12.8 Å². The molecule has 2 N–H and O–H groups in total. The summed E-state index contributed by atoms with van der Waals surface area (Å²) < 4.78 is 0. The topological polar surface area (TPSA) is 40.5 Å². The number of benzene rings is 1. The molecule has 4 heteroatoms. The average Bonchev–Trinajstić information content (AvgIpc) is 2.24. The summed E-state index contributed by atoms with van der Waals surface area (Å²) in [5.41, 5.74) is 1.07. The first-order valence-electron chi connectivity index (χ1n) is 4.83. The number of aliphatic hydroxyl groups excluding tert-OH is 2. The van der Waals surface area contributed by atoms with E-state index < -0.39 is 0 Å². The van der Waals surface area contributed by atoms with Gasteiger partial charge in [0, 0.05) is 19.1 Å². The Hall–Kier alpha value is -0.280. The Morgan fingerprint density at radius 1 is 1.07 bits per heavy atom. The van der Waals surface area contributed by atoms with Gasteiger partial charge in [-0.1, -0.05) is 29.3 Å². The first-order valence-corrected chi connectivity index (χ1v) is 5.58. The highest BCUT2D eigenvalue weighted by Crippen LogP contribution is 2.23. The van der Waals surface area contributed by atoms with Gasteiger partial charge < -0.3 is 10.2 Å². The first-order chi connectivity index (χ1) is 7.17. The van der Waals surface area contributed by atoms with Gasteiger partial charge in [0.2, 0.25) is 0 Å². The van der Waals surface area contributed by atoms with Crippen LogP contribution in [0.15, 0.2) is 18.2 Å². The molecule has 0 amide bonds. The van der Waals surface area contributed by atoms with Gasteiger partial charge in [-0.15, -0.1) is 0 Å². The highest BCUT2D eigenvalue weighted by molar-refractivity contribution is 6.42. The summed E-state index contributed by atoms with van der Waals surface area (Å²) in [4.78, 5) is 0. The molecule has 0 atom stereocenters. The summed E-state index contributed by atoms with van der Waals surface area (Å²) in [6.07, 6.45) is 1.52. The maximum atomic E-state index is 8.90. The van der Waals surface area contributed by atoms with E-state index in [9.17, 15) is 0 Å². The largest absolute Gasteiger partial charge is 0.396 e. The second-order valence-corrected chi connectivity index (χ2v) is 4.33. The summed E-state index contributed by atoms with van der Waals surface area (Å²) in [5, 5.41) is 18.9. The van der Waals surface area contributed by atoms with Crippen molar-refractivity contribution in [1.29, 1.82) is 0 Å². The fourth-order valence-corrected chi connectivity index (χ4v) is 1.63. The molecule has 2 nitrogen and oxygen atoms in total. The summed E-state index contributed by atoms with van der Waals surface area (Å²) in [6, 6.07) is 5.47. The minimum atomic E-state index is -0.0561. The van der Waals surface area contributed by atoms with Crippen molar-refractivity contribution < 1.29 is 10.2 Å². The third-order valence-electron chi connectivity index (χ3n) is 2.34. The molecular weight excluding hydrogens is 235 g/mol. The quantitative estimate of drug-likeness (QED) is 0.841. The second-order valence-electron chi connectivity index (χ2n) is 3.52. The molecule has 84 valence electrons. The van der Waals surface area contributed by atoms with E-state index in [1.54, 1.807) is 6.07 Å². The molecule has 0 saturated carbocycles. The number of aliphatic hydroxyl groups is 2. The van der Waals surface area contributed by atoms with Gasteiger partial charge in [-0.3, -0.25) is 0 Å². The van der Waals surface area contributed by atoms with Crippen LogP contribution >= 0.6 is 23.2 Å². The highest BCUT2D eigenvalue weighted by atomic mass is 35.5. The average molecular weight is 249 g/mol. The van der Waals surface area contributed by atoms with Crippen LogP contribution in [0.25, 0.3) is 0 Å². The molecule has 0 unspecified atom stereocenters. The molecule has 0 bridgehead atoms. The van der Waals surface area contributed by atoms with E-state index in [0.29, 0.717) is 10.0 Å². The van der Waals surface area contributed by atoms with E-state index >= 15 is 0 Å². The van der Waals surface area contributed by atoms with Crippen LogP contribution in [0.4, 0.5) is 0 Å². The van der Waals surface area contributed by atoms with Crippen molar-refractivity contribution in [2.75, 3.05) is 13.2 Å². The Morgan fingerprint density at radius 3 is 2.27 bits per heavy atom. The summed E-state index contributed by atoms with van der Waals surface area (Å²) in [7, 11) is 0. The molecular formula is C11H14Cl2O2. The lowest BCUT2D eigenvalue weighted by molar-refractivity contribution is 0.144. The van der Waals surface area contributed by atoms with E-state index in [1.807, 2.05) is 12.1 Å². The molecule has 1 aromatic carbocycles. The summed E-state index contributed by atoms with van der Waals surface area (Å²) >= 11 is 11.7. The lowest BCUT2D eigenvalue weighted by Crippen LogP contribution is -2.11. The molecule has 1 aromatic rings. The van der Waals surface area contributed by atoms with Crippen molar-refractivity contribution >= 4 is 23.2 Å². The smallest absolute Gasteiger partial charge is 0.0595 e. The van der Waals surface area contributed by atoms with Crippen molar-refractivity contribution in [2.24, 2.45) is 5.92 Å². The minimum Gasteiger partial charge on any atom is -0.396 e. The zero-order valence-electron chi connectivity index (χ0n) is 8.29. The van der Waals surface area contributed by atoms with E-state index in [4.69, 9.17) is 33.4 Å². The number of hydrogen-bond acceptors (Lipinski definition) is 2. The lowest BCUT2D eigenvalue weighted by Gasteiger charge is -2.10. The normalized spacial score (nSPS) is 11.0. The van der Waals surface area contributed by atoms with Crippen molar-refractivity contribution in [1.82, 2.24) is 0 Å². The first kappa shape index (κ1) is 12.8. The maximum Gasteiger partial charge on any atom is 0.0595 e. The fourth-order valence-electron chi connectivity index (χ4n) is 1.31. The van der Waals surface area contributed by atoms with Crippen LogP contribution < -0.4 is 0 Å². The molecule has 1 rings (SSSR count). The molecule has 0 fully saturated rings. The number of aryl methyl sites for hydroxylation is 1. The van der Waals surface area contributed by atoms with Gasteiger partial charge in [-0.05, 0) is 30.5 Å². The SMILES string of the molecule is OCC(CO)CCc1ccc(Cl)c(Cl)c1. The lowest BCUT2D eigenvalue weighted by atomic mass is 10.0. The van der Waals surface area contributed by atoms with Gasteiger partial charge in [0.1, 0.15) is 0 Å². The Kier molecular flexibility index (Phi) is 5.40. The Morgan fingerprint density at radius 2 is 1.73 bits per heavy atom. The molecule has 15 heavy (non-hydrogen) atoms. The van der Waals surface area contributed by atoms with E-state index in [-0.39, 0.29) is 19.1 Å². The molecule has 0 aliphatic rings. The van der Waals surface area contributed by atoms with E-state index in [2.05, 4.69) is 0 Å². The minimum absolute atomic E-state index is 0.0117. The number of hydrogen-bond donors (Lipinski definition) is 2.